The average Bonchev–Trinajstić information content (AvgIpc) is 2.04. The Hall–Kier alpha value is -1.00. The summed E-state index contributed by atoms with van der Waals surface area (Å²) in [6.07, 6.45) is 4.33. The molecule has 66 valence electrons. The molecule has 1 aliphatic rings. The van der Waals surface area contributed by atoms with E-state index in [1.807, 2.05) is 0 Å². The van der Waals surface area contributed by atoms with Gasteiger partial charge in [-0.3, -0.25) is 0 Å². The highest BCUT2D eigenvalue weighted by Crippen LogP contribution is 2.16. The maximum absolute atomic E-state index is 5.77. The van der Waals surface area contributed by atoms with E-state index in [0.29, 0.717) is 10.7 Å². The SMILES string of the molecule is CO/C=C/C1=C(Cl)N=CNC1N. The summed E-state index contributed by atoms with van der Waals surface area (Å²) < 4.78 is 4.73. The first kappa shape index (κ1) is 9.09. The molecule has 0 aromatic carbocycles. The molecule has 0 amide bonds. The van der Waals surface area contributed by atoms with Gasteiger partial charge in [-0.15, -0.1) is 0 Å². The van der Waals surface area contributed by atoms with Gasteiger partial charge in [0.1, 0.15) is 11.3 Å². The van der Waals surface area contributed by atoms with Gasteiger partial charge < -0.3 is 15.8 Å². The van der Waals surface area contributed by atoms with Gasteiger partial charge in [-0.05, 0) is 6.08 Å². The van der Waals surface area contributed by atoms with Gasteiger partial charge in [-0.1, -0.05) is 11.6 Å². The number of nitrogens with one attached hydrogen (secondary N) is 1. The molecule has 0 aromatic heterocycles. The lowest BCUT2D eigenvalue weighted by molar-refractivity contribution is 0.337. The first-order chi connectivity index (χ1) is 5.75. The second-order valence-corrected chi connectivity index (χ2v) is 2.55. The van der Waals surface area contributed by atoms with Crippen LogP contribution in [-0.2, 0) is 4.74 Å². The van der Waals surface area contributed by atoms with Crippen molar-refractivity contribution in [3.63, 3.8) is 0 Å². The predicted octanol–water partition coefficient (Wildman–Crippen LogP) is 0.513. The van der Waals surface area contributed by atoms with Gasteiger partial charge in [0.2, 0.25) is 0 Å². The number of ether oxygens (including phenoxy) is 1. The Morgan fingerprint density at radius 3 is 3.17 bits per heavy atom. The van der Waals surface area contributed by atoms with E-state index in [-0.39, 0.29) is 6.17 Å². The van der Waals surface area contributed by atoms with Gasteiger partial charge in [0.15, 0.2) is 0 Å². The van der Waals surface area contributed by atoms with Crippen LogP contribution in [-0.4, -0.2) is 19.6 Å². The maximum Gasteiger partial charge on any atom is 0.137 e. The molecule has 1 aliphatic heterocycles. The minimum Gasteiger partial charge on any atom is -0.504 e. The molecule has 3 N–H and O–H groups in total. The summed E-state index contributed by atoms with van der Waals surface area (Å²) in [5, 5.41) is 3.19. The largest absolute Gasteiger partial charge is 0.504 e. The van der Waals surface area contributed by atoms with Crippen LogP contribution in [0.1, 0.15) is 0 Å². The molecular formula is C7H10ClN3O. The fourth-order valence-electron chi connectivity index (χ4n) is 0.781. The number of nitrogens with two attached hydrogens (primary N) is 1. The smallest absolute Gasteiger partial charge is 0.137 e. The summed E-state index contributed by atoms with van der Waals surface area (Å²) in [6.45, 7) is 0. The van der Waals surface area contributed by atoms with E-state index in [1.54, 1.807) is 13.2 Å². The van der Waals surface area contributed by atoms with Crippen molar-refractivity contribution in [2.24, 2.45) is 10.7 Å². The minimum atomic E-state index is -0.318. The number of hydrogen-bond donors (Lipinski definition) is 2. The Bertz CT molecular complexity index is 247. The summed E-state index contributed by atoms with van der Waals surface area (Å²) in [6, 6.07) is 0. The first-order valence-electron chi connectivity index (χ1n) is 3.39. The van der Waals surface area contributed by atoms with Crippen molar-refractivity contribution in [3.05, 3.63) is 23.1 Å². The van der Waals surface area contributed by atoms with Crippen LogP contribution >= 0.6 is 11.6 Å². The van der Waals surface area contributed by atoms with E-state index in [9.17, 15) is 0 Å². The second-order valence-electron chi connectivity index (χ2n) is 2.19. The number of aliphatic imine (C=N–C) groups is 1. The molecule has 0 aliphatic carbocycles. The van der Waals surface area contributed by atoms with Gasteiger partial charge in [-0.25, -0.2) is 4.99 Å². The molecule has 1 atom stereocenters. The zero-order valence-corrected chi connectivity index (χ0v) is 7.38. The highest BCUT2D eigenvalue weighted by atomic mass is 35.5. The van der Waals surface area contributed by atoms with Crippen molar-refractivity contribution < 1.29 is 4.74 Å². The van der Waals surface area contributed by atoms with Crippen molar-refractivity contribution in [2.75, 3.05) is 7.11 Å². The van der Waals surface area contributed by atoms with Gasteiger partial charge in [-0.2, -0.15) is 0 Å². The molecule has 0 saturated carbocycles. The lowest BCUT2D eigenvalue weighted by Crippen LogP contribution is -2.39. The number of halogens is 1. The number of rotatable bonds is 2. The molecule has 5 heteroatoms. The number of methoxy groups -OCH3 is 1. The molecule has 0 aromatic rings. The molecule has 0 radical (unpaired) electrons. The normalized spacial score (nSPS) is 23.1. The predicted molar refractivity (Wildman–Crippen MR) is 48.6 cm³/mol. The van der Waals surface area contributed by atoms with E-state index in [1.165, 1.54) is 12.6 Å². The lowest BCUT2D eigenvalue weighted by Gasteiger charge is -2.16. The highest BCUT2D eigenvalue weighted by molar-refractivity contribution is 6.30. The average molecular weight is 188 g/mol. The number of nitrogens with zero attached hydrogens (tertiary/aromatic N) is 1. The third kappa shape index (κ3) is 1.99. The molecule has 0 spiro atoms. The summed E-state index contributed by atoms with van der Waals surface area (Å²) in [5.74, 6) is 0. The van der Waals surface area contributed by atoms with Crippen LogP contribution in [0.5, 0.6) is 0 Å². The Labute approximate surface area is 75.7 Å². The van der Waals surface area contributed by atoms with Crippen molar-refractivity contribution in [1.82, 2.24) is 5.32 Å². The van der Waals surface area contributed by atoms with Gasteiger partial charge >= 0.3 is 0 Å². The molecule has 1 unspecified atom stereocenters. The van der Waals surface area contributed by atoms with Crippen LogP contribution in [0.3, 0.4) is 0 Å². The molecule has 4 nitrogen and oxygen atoms in total. The zero-order chi connectivity index (χ0) is 8.97. The Morgan fingerprint density at radius 2 is 2.58 bits per heavy atom. The minimum absolute atomic E-state index is 0.318. The molecule has 0 bridgehead atoms. The Morgan fingerprint density at radius 1 is 1.83 bits per heavy atom. The fraction of sp³-hybridized carbons (Fsp3) is 0.286. The van der Waals surface area contributed by atoms with E-state index in [0.717, 1.165) is 0 Å². The van der Waals surface area contributed by atoms with Crippen LogP contribution < -0.4 is 11.1 Å². The molecule has 0 saturated heterocycles. The summed E-state index contributed by atoms with van der Waals surface area (Å²) >= 11 is 5.77. The van der Waals surface area contributed by atoms with E-state index >= 15 is 0 Å². The van der Waals surface area contributed by atoms with Crippen LogP contribution in [0, 0.1) is 0 Å². The summed E-state index contributed by atoms with van der Waals surface area (Å²) in [7, 11) is 1.55. The monoisotopic (exact) mass is 187 g/mol. The summed E-state index contributed by atoms with van der Waals surface area (Å²) in [5.41, 5.74) is 6.37. The topological polar surface area (TPSA) is 59.6 Å². The van der Waals surface area contributed by atoms with Crippen molar-refractivity contribution in [2.45, 2.75) is 6.17 Å². The number of hydrogen-bond acceptors (Lipinski definition) is 4. The van der Waals surface area contributed by atoms with Crippen molar-refractivity contribution in [3.8, 4) is 0 Å². The van der Waals surface area contributed by atoms with Crippen molar-refractivity contribution in [1.29, 1.82) is 0 Å². The molecular weight excluding hydrogens is 178 g/mol. The molecule has 1 rings (SSSR count). The van der Waals surface area contributed by atoms with Gasteiger partial charge in [0.05, 0.1) is 19.7 Å². The van der Waals surface area contributed by atoms with Crippen molar-refractivity contribution >= 4 is 17.9 Å². The lowest BCUT2D eigenvalue weighted by atomic mass is 10.2. The summed E-state index contributed by atoms with van der Waals surface area (Å²) in [4.78, 5) is 3.84. The standard InChI is InChI=1S/C7H10ClN3O/c1-12-3-2-5-6(8)10-4-11-7(5)9/h2-4,7H,9H2,1H3,(H,10,11)/b3-2+. The third-order valence-corrected chi connectivity index (χ3v) is 1.70. The highest BCUT2D eigenvalue weighted by Gasteiger charge is 2.12. The van der Waals surface area contributed by atoms with E-state index in [2.05, 4.69) is 10.3 Å². The van der Waals surface area contributed by atoms with Gasteiger partial charge in [0, 0.05) is 5.57 Å². The first-order valence-corrected chi connectivity index (χ1v) is 3.76. The second kappa shape index (κ2) is 4.13. The quantitative estimate of drug-likeness (QED) is 0.489. The van der Waals surface area contributed by atoms with Gasteiger partial charge in [0.25, 0.3) is 0 Å². The molecule has 1 heterocycles. The zero-order valence-electron chi connectivity index (χ0n) is 6.62. The molecule has 0 fully saturated rings. The maximum atomic E-state index is 5.77. The Kier molecular flexibility index (Phi) is 3.13. The third-order valence-electron chi connectivity index (χ3n) is 1.39. The Balaban J connectivity index is 2.81. The van der Waals surface area contributed by atoms with Crippen LogP contribution in [0.2, 0.25) is 0 Å². The van der Waals surface area contributed by atoms with Crippen LogP contribution in [0.4, 0.5) is 0 Å². The van der Waals surface area contributed by atoms with E-state index in [4.69, 9.17) is 22.1 Å². The van der Waals surface area contributed by atoms with Crippen LogP contribution in [0.25, 0.3) is 0 Å². The fourth-order valence-corrected chi connectivity index (χ4v) is 1.01. The van der Waals surface area contributed by atoms with Crippen LogP contribution in [0.15, 0.2) is 28.1 Å². The van der Waals surface area contributed by atoms with E-state index < -0.39 is 0 Å². The molecule has 12 heavy (non-hydrogen) atoms.